The number of nitrogens with one attached hydrogen (secondary N) is 2. The van der Waals surface area contributed by atoms with Gasteiger partial charge in [-0.15, -0.1) is 11.8 Å². The molecule has 2 amide bonds. The summed E-state index contributed by atoms with van der Waals surface area (Å²) in [6, 6.07) is 7.84. The van der Waals surface area contributed by atoms with Crippen molar-refractivity contribution in [3.63, 3.8) is 0 Å². The fourth-order valence-electron chi connectivity index (χ4n) is 1.63. The van der Waals surface area contributed by atoms with Crippen LogP contribution in [-0.2, 0) is 9.59 Å². The molecular weight excluding hydrogens is 302 g/mol. The van der Waals surface area contributed by atoms with E-state index in [0.29, 0.717) is 12.5 Å². The van der Waals surface area contributed by atoms with Gasteiger partial charge in [0.2, 0.25) is 11.8 Å². The molecule has 0 heterocycles. The number of rotatable bonds is 9. The molecule has 0 aliphatic heterocycles. The molecule has 1 aromatic rings. The van der Waals surface area contributed by atoms with Gasteiger partial charge < -0.3 is 21.1 Å². The standard InChI is InChI=1S/C15H23N3O3S/c1-11(8-17-15(20)9-18-14(19)7-16)10-22-13-6-4-3-5-12(13)21-2/h3-6,11H,7-10,16H2,1-2H3,(H,17,20)(H,18,19). The fraction of sp³-hybridized carbons (Fsp3) is 0.467. The Balaban J connectivity index is 2.27. The van der Waals surface area contributed by atoms with E-state index in [2.05, 4.69) is 17.6 Å². The van der Waals surface area contributed by atoms with Gasteiger partial charge in [-0.1, -0.05) is 19.1 Å². The molecule has 0 aromatic heterocycles. The van der Waals surface area contributed by atoms with Crippen LogP contribution in [0.3, 0.4) is 0 Å². The van der Waals surface area contributed by atoms with Crippen molar-refractivity contribution in [3.8, 4) is 5.75 Å². The van der Waals surface area contributed by atoms with Crippen LogP contribution in [0.25, 0.3) is 0 Å². The van der Waals surface area contributed by atoms with Crippen molar-refractivity contribution < 1.29 is 14.3 Å². The number of benzene rings is 1. The van der Waals surface area contributed by atoms with Gasteiger partial charge in [-0.2, -0.15) is 0 Å². The number of amides is 2. The van der Waals surface area contributed by atoms with Crippen molar-refractivity contribution in [2.24, 2.45) is 11.7 Å². The second-order valence-corrected chi connectivity index (χ2v) is 5.91. The monoisotopic (exact) mass is 325 g/mol. The van der Waals surface area contributed by atoms with Crippen molar-refractivity contribution in [1.29, 1.82) is 0 Å². The molecule has 6 nitrogen and oxygen atoms in total. The van der Waals surface area contributed by atoms with E-state index in [4.69, 9.17) is 10.5 Å². The predicted molar refractivity (Wildman–Crippen MR) is 88.0 cm³/mol. The Labute approximate surface area is 135 Å². The lowest BCUT2D eigenvalue weighted by Gasteiger charge is -2.14. The summed E-state index contributed by atoms with van der Waals surface area (Å²) in [6.45, 7) is 2.46. The SMILES string of the molecule is COc1ccccc1SCC(C)CNC(=O)CNC(=O)CN. The third-order valence-corrected chi connectivity index (χ3v) is 4.26. The highest BCUT2D eigenvalue weighted by atomic mass is 32.2. The second kappa shape index (κ2) is 10.1. The van der Waals surface area contributed by atoms with Crippen molar-refractivity contribution in [1.82, 2.24) is 10.6 Å². The maximum absolute atomic E-state index is 11.5. The summed E-state index contributed by atoms with van der Waals surface area (Å²) in [5.41, 5.74) is 5.14. The van der Waals surface area contributed by atoms with Gasteiger partial charge in [-0.3, -0.25) is 9.59 Å². The molecule has 0 bridgehead atoms. The van der Waals surface area contributed by atoms with Gasteiger partial charge in [0.05, 0.1) is 20.2 Å². The molecule has 0 spiro atoms. The first-order valence-corrected chi connectivity index (χ1v) is 8.04. The Morgan fingerprint density at radius 1 is 1.27 bits per heavy atom. The lowest BCUT2D eigenvalue weighted by Crippen LogP contribution is -2.40. The highest BCUT2D eigenvalue weighted by Gasteiger charge is 2.09. The van der Waals surface area contributed by atoms with E-state index in [1.54, 1.807) is 18.9 Å². The van der Waals surface area contributed by atoms with Crippen LogP contribution in [0, 0.1) is 5.92 Å². The maximum Gasteiger partial charge on any atom is 0.239 e. The lowest BCUT2D eigenvalue weighted by molar-refractivity contribution is -0.125. The van der Waals surface area contributed by atoms with Crippen molar-refractivity contribution >= 4 is 23.6 Å². The number of para-hydroxylation sites is 1. The van der Waals surface area contributed by atoms with Crippen LogP contribution in [0.4, 0.5) is 0 Å². The molecule has 4 N–H and O–H groups in total. The number of ether oxygens (including phenoxy) is 1. The zero-order valence-electron chi connectivity index (χ0n) is 12.9. The van der Waals surface area contributed by atoms with Crippen LogP contribution >= 0.6 is 11.8 Å². The van der Waals surface area contributed by atoms with E-state index in [-0.39, 0.29) is 24.9 Å². The Kier molecular flexibility index (Phi) is 8.39. The summed E-state index contributed by atoms with van der Waals surface area (Å²) in [5, 5.41) is 5.22. The van der Waals surface area contributed by atoms with Gasteiger partial charge in [-0.05, 0) is 18.1 Å². The Bertz CT molecular complexity index is 497. The highest BCUT2D eigenvalue weighted by molar-refractivity contribution is 7.99. The average Bonchev–Trinajstić information content (AvgIpc) is 2.55. The minimum atomic E-state index is -0.338. The molecule has 0 radical (unpaired) electrons. The molecule has 1 atom stereocenters. The number of hydrogen-bond acceptors (Lipinski definition) is 5. The molecule has 1 aromatic carbocycles. The summed E-state index contributed by atoms with van der Waals surface area (Å²) < 4.78 is 5.30. The highest BCUT2D eigenvalue weighted by Crippen LogP contribution is 2.29. The first-order chi connectivity index (χ1) is 10.6. The van der Waals surface area contributed by atoms with E-state index in [9.17, 15) is 9.59 Å². The van der Waals surface area contributed by atoms with E-state index in [1.165, 1.54) is 0 Å². The molecule has 0 aliphatic rings. The number of carbonyl (C=O) groups is 2. The average molecular weight is 325 g/mol. The van der Waals surface area contributed by atoms with Crippen molar-refractivity contribution in [2.45, 2.75) is 11.8 Å². The molecule has 0 saturated heterocycles. The number of methoxy groups -OCH3 is 1. The molecule has 7 heteroatoms. The minimum Gasteiger partial charge on any atom is -0.496 e. The zero-order valence-corrected chi connectivity index (χ0v) is 13.7. The van der Waals surface area contributed by atoms with E-state index in [0.717, 1.165) is 16.4 Å². The topological polar surface area (TPSA) is 93.5 Å². The smallest absolute Gasteiger partial charge is 0.239 e. The van der Waals surface area contributed by atoms with Gasteiger partial charge in [0.25, 0.3) is 0 Å². The number of carbonyl (C=O) groups excluding carboxylic acids is 2. The van der Waals surface area contributed by atoms with Crippen LogP contribution in [0.5, 0.6) is 5.75 Å². The van der Waals surface area contributed by atoms with Gasteiger partial charge in [0.15, 0.2) is 0 Å². The van der Waals surface area contributed by atoms with Gasteiger partial charge in [0.1, 0.15) is 5.75 Å². The third-order valence-electron chi connectivity index (χ3n) is 2.87. The van der Waals surface area contributed by atoms with Crippen LogP contribution in [0.15, 0.2) is 29.2 Å². The van der Waals surface area contributed by atoms with Gasteiger partial charge >= 0.3 is 0 Å². The molecule has 0 fully saturated rings. The van der Waals surface area contributed by atoms with Crippen molar-refractivity contribution in [2.75, 3.05) is 32.5 Å². The van der Waals surface area contributed by atoms with Gasteiger partial charge in [0, 0.05) is 17.2 Å². The number of nitrogens with two attached hydrogens (primary N) is 1. The third kappa shape index (κ3) is 6.82. The molecule has 1 unspecified atom stereocenters. The molecule has 1 rings (SSSR count). The van der Waals surface area contributed by atoms with E-state index in [1.807, 2.05) is 24.3 Å². The van der Waals surface area contributed by atoms with Crippen molar-refractivity contribution in [3.05, 3.63) is 24.3 Å². The van der Waals surface area contributed by atoms with E-state index >= 15 is 0 Å². The summed E-state index contributed by atoms with van der Waals surface area (Å²) in [4.78, 5) is 23.6. The first-order valence-electron chi connectivity index (χ1n) is 7.06. The first kappa shape index (κ1) is 18.3. The molecule has 0 aliphatic carbocycles. The molecule has 0 saturated carbocycles. The quantitative estimate of drug-likeness (QED) is 0.579. The Morgan fingerprint density at radius 3 is 2.68 bits per heavy atom. The maximum atomic E-state index is 11.5. The number of thioether (sulfide) groups is 1. The van der Waals surface area contributed by atoms with Gasteiger partial charge in [-0.25, -0.2) is 0 Å². The predicted octanol–water partition coefficient (Wildman–Crippen LogP) is 0.615. The summed E-state index contributed by atoms with van der Waals surface area (Å²) >= 11 is 1.69. The van der Waals surface area contributed by atoms with Crippen LogP contribution < -0.4 is 21.1 Å². The summed E-state index contributed by atoms with van der Waals surface area (Å²) in [5.74, 6) is 1.46. The fourth-order valence-corrected chi connectivity index (χ4v) is 2.68. The summed E-state index contributed by atoms with van der Waals surface area (Å²) in [7, 11) is 1.65. The zero-order chi connectivity index (χ0) is 16.4. The van der Waals surface area contributed by atoms with Crippen LogP contribution in [0.1, 0.15) is 6.92 Å². The largest absolute Gasteiger partial charge is 0.496 e. The normalized spacial score (nSPS) is 11.6. The summed E-state index contributed by atoms with van der Waals surface area (Å²) in [6.07, 6.45) is 0. The van der Waals surface area contributed by atoms with Crippen LogP contribution in [0.2, 0.25) is 0 Å². The van der Waals surface area contributed by atoms with E-state index < -0.39 is 0 Å². The lowest BCUT2D eigenvalue weighted by atomic mass is 10.2. The molecular formula is C15H23N3O3S. The number of hydrogen-bond donors (Lipinski definition) is 3. The van der Waals surface area contributed by atoms with Crippen LogP contribution in [-0.4, -0.2) is 44.3 Å². The Morgan fingerprint density at radius 2 is 2.00 bits per heavy atom. The minimum absolute atomic E-state index is 0.0393. The molecule has 22 heavy (non-hydrogen) atoms. The molecule has 122 valence electrons. The second-order valence-electron chi connectivity index (χ2n) is 4.85. The Hall–Kier alpha value is -1.73.